The van der Waals surface area contributed by atoms with Crippen molar-refractivity contribution in [2.45, 2.75) is 13.5 Å². The molecule has 0 saturated heterocycles. The van der Waals surface area contributed by atoms with Gasteiger partial charge in [-0.15, -0.1) is 0 Å². The van der Waals surface area contributed by atoms with Crippen molar-refractivity contribution >= 4 is 5.78 Å². The lowest BCUT2D eigenvalue weighted by Crippen LogP contribution is -2.28. The second-order valence-electron chi connectivity index (χ2n) is 5.18. The van der Waals surface area contributed by atoms with E-state index in [9.17, 15) is 9.18 Å². The summed E-state index contributed by atoms with van der Waals surface area (Å²) in [6.45, 7) is 3.22. The van der Waals surface area contributed by atoms with Gasteiger partial charge in [0.2, 0.25) is 0 Å². The van der Waals surface area contributed by atoms with Crippen LogP contribution >= 0.6 is 0 Å². The van der Waals surface area contributed by atoms with Crippen molar-refractivity contribution < 1.29 is 9.18 Å². The molecule has 0 fully saturated rings. The maximum absolute atomic E-state index is 12.8. The molecule has 0 aliphatic heterocycles. The fourth-order valence-corrected chi connectivity index (χ4v) is 2.19. The molecule has 0 aromatic carbocycles. The number of carbonyl (C=O) groups excluding carboxylic acids is 1. The van der Waals surface area contributed by atoms with Crippen molar-refractivity contribution in [3.63, 3.8) is 0 Å². The Bertz CT molecular complexity index is 586. The molecule has 0 aliphatic carbocycles. The van der Waals surface area contributed by atoms with Crippen molar-refractivity contribution in [2.75, 3.05) is 13.6 Å². The van der Waals surface area contributed by atoms with E-state index in [1.54, 1.807) is 12.4 Å². The molecule has 110 valence electrons. The summed E-state index contributed by atoms with van der Waals surface area (Å²) in [6.07, 6.45) is 4.57. The Kier molecular flexibility index (Phi) is 5.11. The maximum Gasteiger partial charge on any atom is 0.185 e. The van der Waals surface area contributed by atoms with Gasteiger partial charge >= 0.3 is 0 Å². The highest BCUT2D eigenvalue weighted by Gasteiger charge is 2.18. The first kappa shape index (κ1) is 15.3. The molecule has 0 N–H and O–H groups in total. The van der Waals surface area contributed by atoms with Gasteiger partial charge in [-0.1, -0.05) is 6.92 Å². The Morgan fingerprint density at radius 1 is 1.29 bits per heavy atom. The number of ketones is 1. The fourth-order valence-electron chi connectivity index (χ4n) is 2.19. The van der Waals surface area contributed by atoms with E-state index >= 15 is 0 Å². The van der Waals surface area contributed by atoms with E-state index in [1.165, 1.54) is 12.1 Å². The first-order valence-corrected chi connectivity index (χ1v) is 6.79. The van der Waals surface area contributed by atoms with Gasteiger partial charge in [-0.05, 0) is 36.9 Å². The number of halogens is 1. The summed E-state index contributed by atoms with van der Waals surface area (Å²) in [7, 11) is 1.96. The van der Waals surface area contributed by atoms with Crippen molar-refractivity contribution in [3.05, 3.63) is 59.9 Å². The molecule has 2 aromatic heterocycles. The second kappa shape index (κ2) is 7.04. The molecule has 5 heteroatoms. The molecule has 1 atom stereocenters. The summed E-state index contributed by atoms with van der Waals surface area (Å²) in [5.41, 5.74) is 1.45. The number of rotatable bonds is 6. The third-order valence-electron chi connectivity index (χ3n) is 3.21. The quantitative estimate of drug-likeness (QED) is 0.766. The number of carbonyl (C=O) groups is 1. The maximum atomic E-state index is 12.8. The van der Waals surface area contributed by atoms with Gasteiger partial charge in [0.1, 0.15) is 11.5 Å². The average molecular weight is 287 g/mol. The van der Waals surface area contributed by atoms with Gasteiger partial charge in [-0.3, -0.25) is 14.8 Å². The van der Waals surface area contributed by atoms with E-state index in [-0.39, 0.29) is 11.7 Å². The smallest absolute Gasteiger partial charge is 0.185 e. The third kappa shape index (κ3) is 4.43. The molecule has 0 aliphatic rings. The van der Waals surface area contributed by atoms with Crippen LogP contribution in [-0.4, -0.2) is 34.2 Å². The van der Waals surface area contributed by atoms with Crippen LogP contribution in [0.1, 0.15) is 23.0 Å². The first-order valence-electron chi connectivity index (χ1n) is 6.79. The molecule has 21 heavy (non-hydrogen) atoms. The van der Waals surface area contributed by atoms with Crippen LogP contribution in [0.5, 0.6) is 0 Å². The molecule has 2 rings (SSSR count). The minimum Gasteiger partial charge on any atom is -0.301 e. The highest BCUT2D eigenvalue weighted by atomic mass is 19.1. The summed E-state index contributed by atoms with van der Waals surface area (Å²) in [5, 5.41) is 0. The number of hydrogen-bond donors (Lipinski definition) is 0. The van der Waals surface area contributed by atoms with E-state index in [1.807, 2.05) is 26.1 Å². The molecular formula is C16H18FN3O. The highest BCUT2D eigenvalue weighted by molar-refractivity contribution is 5.95. The third-order valence-corrected chi connectivity index (χ3v) is 3.21. The van der Waals surface area contributed by atoms with Gasteiger partial charge in [0.25, 0.3) is 0 Å². The van der Waals surface area contributed by atoms with Crippen LogP contribution in [0.3, 0.4) is 0 Å². The average Bonchev–Trinajstić information content (AvgIpc) is 2.48. The molecular weight excluding hydrogens is 269 g/mol. The van der Waals surface area contributed by atoms with Crippen molar-refractivity contribution in [2.24, 2.45) is 5.92 Å². The molecule has 2 heterocycles. The summed E-state index contributed by atoms with van der Waals surface area (Å²) in [4.78, 5) is 22.1. The Balaban J connectivity index is 1.92. The number of hydrogen-bond acceptors (Lipinski definition) is 4. The molecule has 0 amide bonds. The van der Waals surface area contributed by atoms with E-state index < -0.39 is 5.82 Å². The first-order chi connectivity index (χ1) is 10.1. The lowest BCUT2D eigenvalue weighted by molar-refractivity contribution is 0.0895. The molecule has 0 spiro atoms. The second-order valence-corrected chi connectivity index (χ2v) is 5.18. The van der Waals surface area contributed by atoms with Gasteiger partial charge in [-0.2, -0.15) is 0 Å². The standard InChI is InChI=1S/C16H18FN3O/c1-12(16(21)15-4-3-14(17)9-19-15)10-20(2)11-13-5-7-18-8-6-13/h3-9,12H,10-11H2,1-2H3. The fraction of sp³-hybridized carbons (Fsp3) is 0.312. The normalized spacial score (nSPS) is 12.4. The predicted octanol–water partition coefficient (Wildman–Crippen LogP) is 2.57. The van der Waals surface area contributed by atoms with Gasteiger partial charge < -0.3 is 4.90 Å². The summed E-state index contributed by atoms with van der Waals surface area (Å²) in [6, 6.07) is 6.58. The lowest BCUT2D eigenvalue weighted by atomic mass is 10.0. The SMILES string of the molecule is CC(CN(C)Cc1ccncc1)C(=O)c1ccc(F)cn1. The van der Waals surface area contributed by atoms with Gasteiger partial charge in [0.15, 0.2) is 5.78 Å². The predicted molar refractivity (Wildman–Crippen MR) is 78.3 cm³/mol. The number of nitrogens with zero attached hydrogens (tertiary/aromatic N) is 3. The molecule has 0 saturated carbocycles. The number of aromatic nitrogens is 2. The van der Waals surface area contributed by atoms with E-state index in [2.05, 4.69) is 14.9 Å². The monoisotopic (exact) mass is 287 g/mol. The topological polar surface area (TPSA) is 46.1 Å². The summed E-state index contributed by atoms with van der Waals surface area (Å²) < 4.78 is 12.8. The highest BCUT2D eigenvalue weighted by Crippen LogP contribution is 2.10. The van der Waals surface area contributed by atoms with Gasteiger partial charge in [-0.25, -0.2) is 4.39 Å². The van der Waals surface area contributed by atoms with E-state index in [0.717, 1.165) is 18.3 Å². The molecule has 1 unspecified atom stereocenters. The van der Waals surface area contributed by atoms with Crippen LogP contribution in [-0.2, 0) is 6.54 Å². The minimum absolute atomic E-state index is 0.0726. The van der Waals surface area contributed by atoms with Crippen LogP contribution in [0.15, 0.2) is 42.9 Å². The lowest BCUT2D eigenvalue weighted by Gasteiger charge is -2.20. The Morgan fingerprint density at radius 2 is 2.00 bits per heavy atom. The van der Waals surface area contributed by atoms with E-state index in [4.69, 9.17) is 0 Å². The van der Waals surface area contributed by atoms with E-state index in [0.29, 0.717) is 12.2 Å². The van der Waals surface area contributed by atoms with Crippen LogP contribution in [0.25, 0.3) is 0 Å². The zero-order valence-corrected chi connectivity index (χ0v) is 12.2. The Hall–Kier alpha value is -2.14. The van der Waals surface area contributed by atoms with Gasteiger partial charge in [0.05, 0.1) is 6.20 Å². The molecule has 2 aromatic rings. The van der Waals surface area contributed by atoms with Gasteiger partial charge in [0, 0.05) is 31.4 Å². The Labute approximate surface area is 123 Å². The van der Waals surface area contributed by atoms with Crippen LogP contribution < -0.4 is 0 Å². The van der Waals surface area contributed by atoms with Crippen molar-refractivity contribution in [1.29, 1.82) is 0 Å². The largest absolute Gasteiger partial charge is 0.301 e. The van der Waals surface area contributed by atoms with Crippen LogP contribution in [0, 0.1) is 11.7 Å². The minimum atomic E-state index is -0.436. The number of pyridine rings is 2. The van der Waals surface area contributed by atoms with Crippen LogP contribution in [0.2, 0.25) is 0 Å². The summed E-state index contributed by atoms with van der Waals surface area (Å²) in [5.74, 6) is -0.708. The molecule has 4 nitrogen and oxygen atoms in total. The number of Topliss-reactive ketones (excluding diaryl/α,β-unsaturated/α-hetero) is 1. The molecule has 0 bridgehead atoms. The van der Waals surface area contributed by atoms with Crippen LogP contribution in [0.4, 0.5) is 4.39 Å². The Morgan fingerprint density at radius 3 is 2.62 bits per heavy atom. The van der Waals surface area contributed by atoms with Crippen molar-refractivity contribution in [1.82, 2.24) is 14.9 Å². The zero-order valence-electron chi connectivity index (χ0n) is 12.2. The zero-order chi connectivity index (χ0) is 15.2. The van der Waals surface area contributed by atoms with Crippen molar-refractivity contribution in [3.8, 4) is 0 Å². The summed E-state index contributed by atoms with van der Waals surface area (Å²) >= 11 is 0. The molecule has 0 radical (unpaired) electrons.